The lowest BCUT2D eigenvalue weighted by atomic mass is 10.1. The zero-order valence-electron chi connectivity index (χ0n) is 17.9. The average molecular weight is 455 g/mol. The molecule has 0 fully saturated rings. The van der Waals surface area contributed by atoms with Crippen LogP contribution in [-0.4, -0.2) is 42.8 Å². The molecule has 0 saturated heterocycles. The molecule has 0 atom stereocenters. The van der Waals surface area contributed by atoms with Crippen LogP contribution < -0.4 is 0 Å². The number of benzene rings is 2. The lowest BCUT2D eigenvalue weighted by Crippen LogP contribution is -2.27. The molecule has 1 aromatic heterocycles. The highest BCUT2D eigenvalue weighted by atomic mass is 32.2. The number of aryl methyl sites for hydroxylation is 2. The van der Waals surface area contributed by atoms with Crippen molar-refractivity contribution in [3.63, 3.8) is 0 Å². The fourth-order valence-corrected chi connectivity index (χ4v) is 5.78. The van der Waals surface area contributed by atoms with Gasteiger partial charge in [-0.1, -0.05) is 47.5 Å². The molecule has 0 spiro atoms. The van der Waals surface area contributed by atoms with Crippen molar-refractivity contribution in [2.75, 3.05) is 18.6 Å². The smallest absolute Gasteiger partial charge is 0.256 e. The van der Waals surface area contributed by atoms with Gasteiger partial charge in [-0.25, -0.2) is 13.4 Å². The summed E-state index contributed by atoms with van der Waals surface area (Å²) in [6.45, 7) is 4.43. The average Bonchev–Trinajstić information content (AvgIpc) is 2.74. The number of hydrogen-bond donors (Lipinski definition) is 0. The highest BCUT2D eigenvalue weighted by Gasteiger charge is 2.19. The Labute approximate surface area is 188 Å². The van der Waals surface area contributed by atoms with E-state index in [1.165, 1.54) is 11.8 Å². The number of thioether (sulfide) groups is 1. The number of pyridine rings is 1. The van der Waals surface area contributed by atoms with Gasteiger partial charge < -0.3 is 4.90 Å². The molecule has 3 rings (SSSR count). The van der Waals surface area contributed by atoms with Gasteiger partial charge in [-0.05, 0) is 43.7 Å². The lowest BCUT2D eigenvalue weighted by Gasteiger charge is -2.19. The van der Waals surface area contributed by atoms with E-state index in [0.717, 1.165) is 16.7 Å². The maximum atomic E-state index is 13.0. The van der Waals surface area contributed by atoms with Crippen LogP contribution in [0, 0.1) is 13.8 Å². The Hall–Kier alpha value is -2.64. The summed E-state index contributed by atoms with van der Waals surface area (Å²) in [5, 5.41) is 0.544. The van der Waals surface area contributed by atoms with Gasteiger partial charge in [0, 0.05) is 25.5 Å². The minimum absolute atomic E-state index is 0.0237. The second kappa shape index (κ2) is 10.1. The fraction of sp³-hybridized carbons (Fsp3) is 0.250. The number of hydrogen-bond acceptors (Lipinski definition) is 5. The SMILES string of the molecule is Cc1ccc(S(=O)(=O)CCSc2ncccc2C(=O)N(C)Cc2cccc(C)c2)cc1. The predicted molar refractivity (Wildman–Crippen MR) is 125 cm³/mol. The molecule has 0 saturated carbocycles. The van der Waals surface area contributed by atoms with Crippen LogP contribution in [0.3, 0.4) is 0 Å². The Morgan fingerprint density at radius 3 is 2.45 bits per heavy atom. The third kappa shape index (κ3) is 6.18. The molecule has 1 heterocycles. The van der Waals surface area contributed by atoms with Gasteiger partial charge in [-0.15, -0.1) is 11.8 Å². The topological polar surface area (TPSA) is 67.3 Å². The van der Waals surface area contributed by atoms with Gasteiger partial charge in [0.15, 0.2) is 9.84 Å². The zero-order valence-corrected chi connectivity index (χ0v) is 19.5. The molecular weight excluding hydrogens is 428 g/mol. The molecular formula is C24H26N2O3S2. The molecule has 3 aromatic rings. The largest absolute Gasteiger partial charge is 0.337 e. The van der Waals surface area contributed by atoms with Crippen LogP contribution in [0.4, 0.5) is 0 Å². The number of sulfone groups is 1. The van der Waals surface area contributed by atoms with Gasteiger partial charge in [0.2, 0.25) is 0 Å². The highest BCUT2D eigenvalue weighted by molar-refractivity contribution is 8.00. The Kier molecular flexibility index (Phi) is 7.51. The molecule has 31 heavy (non-hydrogen) atoms. The quantitative estimate of drug-likeness (QED) is 0.468. The van der Waals surface area contributed by atoms with E-state index in [9.17, 15) is 13.2 Å². The summed E-state index contributed by atoms with van der Waals surface area (Å²) in [6, 6.07) is 18.3. The monoisotopic (exact) mass is 454 g/mol. The third-order valence-electron chi connectivity index (χ3n) is 4.82. The van der Waals surface area contributed by atoms with Crippen LogP contribution in [0.5, 0.6) is 0 Å². The summed E-state index contributed by atoms with van der Waals surface area (Å²) in [5.74, 6) is 0.151. The maximum Gasteiger partial charge on any atom is 0.256 e. The van der Waals surface area contributed by atoms with Crippen molar-refractivity contribution in [2.45, 2.75) is 30.3 Å². The summed E-state index contributed by atoms with van der Waals surface area (Å²) in [6.07, 6.45) is 1.62. The van der Waals surface area contributed by atoms with Crippen LogP contribution in [0.25, 0.3) is 0 Å². The molecule has 0 bridgehead atoms. The molecule has 2 aromatic carbocycles. The number of amides is 1. The van der Waals surface area contributed by atoms with Crippen molar-refractivity contribution in [2.24, 2.45) is 0 Å². The number of carbonyl (C=O) groups is 1. The molecule has 7 heteroatoms. The van der Waals surface area contributed by atoms with E-state index >= 15 is 0 Å². The zero-order chi connectivity index (χ0) is 22.4. The van der Waals surface area contributed by atoms with Crippen LogP contribution in [0.2, 0.25) is 0 Å². The molecule has 0 radical (unpaired) electrons. The summed E-state index contributed by atoms with van der Waals surface area (Å²) in [4.78, 5) is 19.3. The van der Waals surface area contributed by atoms with E-state index in [1.54, 1.807) is 54.5 Å². The van der Waals surface area contributed by atoms with E-state index in [-0.39, 0.29) is 11.7 Å². The van der Waals surface area contributed by atoms with Crippen molar-refractivity contribution < 1.29 is 13.2 Å². The Morgan fingerprint density at radius 2 is 1.74 bits per heavy atom. The highest BCUT2D eigenvalue weighted by Crippen LogP contribution is 2.23. The number of carbonyl (C=O) groups excluding carboxylic acids is 1. The first-order chi connectivity index (χ1) is 14.8. The molecule has 0 aliphatic rings. The van der Waals surface area contributed by atoms with Gasteiger partial charge in [-0.2, -0.15) is 0 Å². The van der Waals surface area contributed by atoms with Gasteiger partial charge in [0.25, 0.3) is 5.91 Å². The van der Waals surface area contributed by atoms with E-state index in [2.05, 4.69) is 11.1 Å². The van der Waals surface area contributed by atoms with Crippen LogP contribution in [0.15, 0.2) is 76.8 Å². The Bertz CT molecular complexity index is 1160. The summed E-state index contributed by atoms with van der Waals surface area (Å²) >= 11 is 1.29. The van der Waals surface area contributed by atoms with Gasteiger partial charge in [-0.3, -0.25) is 4.79 Å². The van der Waals surface area contributed by atoms with Crippen LogP contribution >= 0.6 is 11.8 Å². The first-order valence-corrected chi connectivity index (χ1v) is 12.6. The summed E-state index contributed by atoms with van der Waals surface area (Å²) in [5.41, 5.74) is 3.69. The first kappa shape index (κ1) is 23.0. The minimum atomic E-state index is -3.39. The van der Waals surface area contributed by atoms with Crippen molar-refractivity contribution in [1.82, 2.24) is 9.88 Å². The van der Waals surface area contributed by atoms with Crippen molar-refractivity contribution in [3.05, 3.63) is 89.1 Å². The van der Waals surface area contributed by atoms with Crippen molar-refractivity contribution >= 4 is 27.5 Å². The Morgan fingerprint density at radius 1 is 1.00 bits per heavy atom. The number of aromatic nitrogens is 1. The number of rotatable bonds is 8. The first-order valence-electron chi connectivity index (χ1n) is 9.94. The molecule has 162 valence electrons. The second-order valence-corrected chi connectivity index (χ2v) is 10.7. The van der Waals surface area contributed by atoms with Gasteiger partial charge in [0.05, 0.1) is 16.2 Å². The summed E-state index contributed by atoms with van der Waals surface area (Å²) < 4.78 is 25.2. The molecule has 5 nitrogen and oxygen atoms in total. The number of nitrogens with zero attached hydrogens (tertiary/aromatic N) is 2. The molecule has 1 amide bonds. The van der Waals surface area contributed by atoms with E-state index in [0.29, 0.717) is 27.8 Å². The minimum Gasteiger partial charge on any atom is -0.337 e. The molecule has 0 aliphatic heterocycles. The standard InChI is InChI=1S/C24H26N2O3S2/c1-18-9-11-21(12-10-18)31(28,29)15-14-30-23-22(8-5-13-25-23)24(27)26(3)17-20-7-4-6-19(2)16-20/h4-13,16H,14-15,17H2,1-3H3. The van der Waals surface area contributed by atoms with E-state index < -0.39 is 9.84 Å². The maximum absolute atomic E-state index is 13.0. The van der Waals surface area contributed by atoms with Crippen molar-refractivity contribution in [1.29, 1.82) is 0 Å². The predicted octanol–water partition coefficient (Wildman–Crippen LogP) is 4.54. The molecule has 0 N–H and O–H groups in total. The second-order valence-electron chi connectivity index (χ2n) is 7.49. The van der Waals surface area contributed by atoms with Gasteiger partial charge >= 0.3 is 0 Å². The summed E-state index contributed by atoms with van der Waals surface area (Å²) in [7, 11) is -1.63. The molecule has 0 aliphatic carbocycles. The fourth-order valence-electron chi connectivity index (χ4n) is 3.14. The third-order valence-corrected chi connectivity index (χ3v) is 7.82. The van der Waals surface area contributed by atoms with Crippen molar-refractivity contribution in [3.8, 4) is 0 Å². The Balaban J connectivity index is 1.67. The molecule has 0 unspecified atom stereocenters. The van der Waals surface area contributed by atoms with Crippen LogP contribution in [-0.2, 0) is 16.4 Å². The normalized spacial score (nSPS) is 11.3. The van der Waals surface area contributed by atoms with Crippen LogP contribution in [0.1, 0.15) is 27.0 Å². The van der Waals surface area contributed by atoms with Gasteiger partial charge in [0.1, 0.15) is 5.03 Å². The lowest BCUT2D eigenvalue weighted by molar-refractivity contribution is 0.0781. The van der Waals surface area contributed by atoms with E-state index in [4.69, 9.17) is 0 Å². The van der Waals surface area contributed by atoms with E-state index in [1.807, 2.05) is 32.0 Å².